The summed E-state index contributed by atoms with van der Waals surface area (Å²) in [6, 6.07) is 2.50. The molecule has 0 amide bonds. The fourth-order valence-corrected chi connectivity index (χ4v) is 4.12. The van der Waals surface area contributed by atoms with Gasteiger partial charge in [0, 0.05) is 0 Å². The standard InChI is InChI=1S/C20H27NO15/c22-3-11-13(24)14(25)16(27)20(34-11)36-18-12(4-23)35-19(17(28)15(18)26)31-5-7-1-9-10(33-6-32-9)2-8(7)21(29)30/h1-2,11-20,22-28H,3-6H2/t11-,12-,13+,14+,15-,16-,17-,18-,19+,20+/m1/s1. The number of hydrogen-bond acceptors (Lipinski definition) is 15. The highest BCUT2D eigenvalue weighted by atomic mass is 16.7. The van der Waals surface area contributed by atoms with E-state index in [1.54, 1.807) is 0 Å². The Bertz CT molecular complexity index is 929. The van der Waals surface area contributed by atoms with Gasteiger partial charge in [-0.1, -0.05) is 0 Å². The largest absolute Gasteiger partial charge is 0.454 e. The zero-order valence-electron chi connectivity index (χ0n) is 18.6. The molecule has 4 rings (SSSR count). The number of nitrogens with zero attached hydrogens (tertiary/aromatic N) is 1. The van der Waals surface area contributed by atoms with Gasteiger partial charge in [0.1, 0.15) is 48.8 Å². The summed E-state index contributed by atoms with van der Waals surface area (Å²) in [6.45, 7) is -2.03. The van der Waals surface area contributed by atoms with E-state index in [1.807, 2.05) is 0 Å². The summed E-state index contributed by atoms with van der Waals surface area (Å²) in [5.74, 6) is 0.439. The number of ether oxygens (including phenoxy) is 6. The molecule has 0 bridgehead atoms. The predicted octanol–water partition coefficient (Wildman–Crippen LogP) is -3.54. The first-order valence-corrected chi connectivity index (χ1v) is 10.9. The molecule has 10 atom stereocenters. The summed E-state index contributed by atoms with van der Waals surface area (Å²) < 4.78 is 32.0. The topological polar surface area (TPSA) is 240 Å². The van der Waals surface area contributed by atoms with Crippen LogP contribution in [0.15, 0.2) is 12.1 Å². The first-order valence-electron chi connectivity index (χ1n) is 10.9. The number of rotatable bonds is 8. The molecule has 3 aliphatic rings. The highest BCUT2D eigenvalue weighted by Gasteiger charge is 2.50. The fourth-order valence-electron chi connectivity index (χ4n) is 4.12. The van der Waals surface area contributed by atoms with Crippen LogP contribution in [-0.4, -0.2) is 122 Å². The molecule has 16 nitrogen and oxygen atoms in total. The van der Waals surface area contributed by atoms with Gasteiger partial charge in [-0.3, -0.25) is 10.1 Å². The van der Waals surface area contributed by atoms with E-state index in [0.29, 0.717) is 0 Å². The molecule has 36 heavy (non-hydrogen) atoms. The molecule has 202 valence electrons. The highest BCUT2D eigenvalue weighted by Crippen LogP contribution is 2.38. The Morgan fingerprint density at radius 3 is 2.11 bits per heavy atom. The SMILES string of the molecule is O=[N+]([O-])c1cc2c(cc1CO[C@H]1O[C@H](CO)[C@@H](O[C@@H]3O[C@H](CO)[C@H](O)[C@H](O)[C@H]3O)[C@H](O)[C@H]1O)OCO2. The van der Waals surface area contributed by atoms with Gasteiger partial charge in [-0.05, 0) is 6.07 Å². The van der Waals surface area contributed by atoms with Gasteiger partial charge in [0.2, 0.25) is 6.79 Å². The van der Waals surface area contributed by atoms with E-state index in [2.05, 4.69) is 0 Å². The van der Waals surface area contributed by atoms with E-state index in [1.165, 1.54) is 6.07 Å². The lowest BCUT2D eigenvalue weighted by Gasteiger charge is -2.45. The summed E-state index contributed by atoms with van der Waals surface area (Å²) in [5, 5.41) is 81.7. The van der Waals surface area contributed by atoms with Gasteiger partial charge in [0.05, 0.1) is 36.4 Å². The number of aliphatic hydroxyl groups is 7. The molecule has 2 fully saturated rings. The molecule has 3 heterocycles. The number of hydrogen-bond donors (Lipinski definition) is 7. The van der Waals surface area contributed by atoms with Crippen LogP contribution in [0.1, 0.15) is 5.56 Å². The maximum absolute atomic E-state index is 11.4. The van der Waals surface area contributed by atoms with Crippen LogP contribution in [-0.2, 0) is 25.6 Å². The van der Waals surface area contributed by atoms with Crippen molar-refractivity contribution in [2.45, 2.75) is 68.0 Å². The minimum Gasteiger partial charge on any atom is -0.454 e. The zero-order valence-corrected chi connectivity index (χ0v) is 18.6. The molecule has 3 aliphatic heterocycles. The second kappa shape index (κ2) is 11.0. The van der Waals surface area contributed by atoms with Crippen LogP contribution in [0.3, 0.4) is 0 Å². The zero-order chi connectivity index (χ0) is 26.1. The van der Waals surface area contributed by atoms with E-state index < -0.39 is 86.2 Å². The second-order valence-corrected chi connectivity index (χ2v) is 8.41. The number of nitro groups is 1. The maximum atomic E-state index is 11.4. The van der Waals surface area contributed by atoms with E-state index >= 15 is 0 Å². The van der Waals surface area contributed by atoms with Gasteiger partial charge in [0.15, 0.2) is 24.1 Å². The van der Waals surface area contributed by atoms with E-state index in [9.17, 15) is 45.9 Å². The van der Waals surface area contributed by atoms with Crippen molar-refractivity contribution >= 4 is 5.69 Å². The number of benzene rings is 1. The molecule has 0 spiro atoms. The van der Waals surface area contributed by atoms with Crippen LogP contribution in [0, 0.1) is 10.1 Å². The summed E-state index contributed by atoms with van der Waals surface area (Å²) in [5.41, 5.74) is -0.276. The number of fused-ring (bicyclic) bond motifs is 1. The molecule has 1 aromatic carbocycles. The molecule has 0 aromatic heterocycles. The van der Waals surface area contributed by atoms with E-state index in [-0.39, 0.29) is 29.5 Å². The van der Waals surface area contributed by atoms with Crippen molar-refractivity contribution in [3.8, 4) is 11.5 Å². The van der Waals surface area contributed by atoms with Crippen molar-refractivity contribution in [3.63, 3.8) is 0 Å². The third kappa shape index (κ3) is 5.11. The Morgan fingerprint density at radius 1 is 0.861 bits per heavy atom. The van der Waals surface area contributed by atoms with Gasteiger partial charge in [-0.25, -0.2) is 0 Å². The van der Waals surface area contributed by atoms with Crippen LogP contribution < -0.4 is 9.47 Å². The third-order valence-corrected chi connectivity index (χ3v) is 6.13. The minimum atomic E-state index is -1.80. The van der Waals surface area contributed by atoms with Crippen molar-refractivity contribution < 1.29 is 69.1 Å². The molecule has 7 N–H and O–H groups in total. The summed E-state index contributed by atoms with van der Waals surface area (Å²) >= 11 is 0. The number of nitro benzene ring substituents is 1. The van der Waals surface area contributed by atoms with E-state index in [0.717, 1.165) is 6.07 Å². The minimum absolute atomic E-state index is 0.0646. The van der Waals surface area contributed by atoms with Crippen LogP contribution in [0.4, 0.5) is 5.69 Å². The van der Waals surface area contributed by atoms with Crippen molar-refractivity contribution in [1.29, 1.82) is 0 Å². The average molecular weight is 521 g/mol. The van der Waals surface area contributed by atoms with Gasteiger partial charge < -0.3 is 64.2 Å². The molecule has 2 saturated heterocycles. The van der Waals surface area contributed by atoms with Crippen LogP contribution in [0.25, 0.3) is 0 Å². The van der Waals surface area contributed by atoms with Gasteiger partial charge in [0.25, 0.3) is 5.69 Å². The second-order valence-electron chi connectivity index (χ2n) is 8.41. The van der Waals surface area contributed by atoms with Crippen LogP contribution in [0.5, 0.6) is 11.5 Å². The predicted molar refractivity (Wildman–Crippen MR) is 110 cm³/mol. The molecule has 0 aliphatic carbocycles. The third-order valence-electron chi connectivity index (χ3n) is 6.13. The molecule has 16 heteroatoms. The smallest absolute Gasteiger partial charge is 0.278 e. The Balaban J connectivity index is 1.45. The van der Waals surface area contributed by atoms with Crippen molar-refractivity contribution in [1.82, 2.24) is 0 Å². The molecule has 0 unspecified atom stereocenters. The number of aliphatic hydroxyl groups excluding tert-OH is 7. The van der Waals surface area contributed by atoms with Gasteiger partial charge in [-0.15, -0.1) is 0 Å². The molecule has 0 radical (unpaired) electrons. The lowest BCUT2D eigenvalue weighted by molar-refractivity contribution is -0.386. The quantitative estimate of drug-likeness (QED) is 0.129. The Hall–Kier alpha value is -2.22. The first-order chi connectivity index (χ1) is 17.2. The summed E-state index contributed by atoms with van der Waals surface area (Å²) in [7, 11) is 0. The van der Waals surface area contributed by atoms with Crippen molar-refractivity contribution in [2.24, 2.45) is 0 Å². The molecular formula is C20H27NO15. The average Bonchev–Trinajstić information content (AvgIpc) is 3.33. The van der Waals surface area contributed by atoms with Crippen LogP contribution in [0.2, 0.25) is 0 Å². The molecule has 1 aromatic rings. The summed E-state index contributed by atoms with van der Waals surface area (Å²) in [6.07, 6.45) is -16.1. The molecule has 0 saturated carbocycles. The van der Waals surface area contributed by atoms with Crippen LogP contribution >= 0.6 is 0 Å². The highest BCUT2D eigenvalue weighted by molar-refractivity contribution is 5.55. The normalized spacial score (nSPS) is 38.2. The maximum Gasteiger partial charge on any atom is 0.278 e. The van der Waals surface area contributed by atoms with Gasteiger partial charge >= 0.3 is 0 Å². The first kappa shape index (κ1) is 26.8. The Morgan fingerprint density at radius 2 is 1.47 bits per heavy atom. The fraction of sp³-hybridized carbons (Fsp3) is 0.700. The van der Waals surface area contributed by atoms with Crippen molar-refractivity contribution in [2.75, 3.05) is 20.0 Å². The van der Waals surface area contributed by atoms with Crippen molar-refractivity contribution in [3.05, 3.63) is 27.8 Å². The molecular weight excluding hydrogens is 494 g/mol. The van der Waals surface area contributed by atoms with E-state index in [4.69, 9.17) is 28.4 Å². The lowest BCUT2D eigenvalue weighted by atomic mass is 9.97. The van der Waals surface area contributed by atoms with Gasteiger partial charge in [-0.2, -0.15) is 0 Å². The Kier molecular flexibility index (Phi) is 8.22. The lowest BCUT2D eigenvalue weighted by Crippen LogP contribution is -2.64. The Labute approximate surface area is 202 Å². The summed E-state index contributed by atoms with van der Waals surface area (Å²) in [4.78, 5) is 10.8. The monoisotopic (exact) mass is 521 g/mol.